The number of hydrogen-bond acceptors (Lipinski definition) is 2. The summed E-state index contributed by atoms with van der Waals surface area (Å²) in [6.45, 7) is 3.85. The third kappa shape index (κ3) is 1.24. The summed E-state index contributed by atoms with van der Waals surface area (Å²) in [5, 5.41) is 1.01. The van der Waals surface area contributed by atoms with Crippen LogP contribution >= 0.6 is 0 Å². The van der Waals surface area contributed by atoms with Crippen molar-refractivity contribution in [3.8, 4) is 0 Å². The molecular weight excluding hydrogens is 164 g/mol. The van der Waals surface area contributed by atoms with Crippen molar-refractivity contribution in [3.63, 3.8) is 0 Å². The summed E-state index contributed by atoms with van der Waals surface area (Å²) in [4.78, 5) is 11.1. The molecule has 2 nitrogen and oxygen atoms in total. The second-order valence-corrected chi connectivity index (χ2v) is 3.20. The largest absolute Gasteiger partial charge is 0.422 e. The van der Waals surface area contributed by atoms with Crippen molar-refractivity contribution >= 4 is 11.0 Å². The van der Waals surface area contributed by atoms with Crippen LogP contribution in [0.5, 0.6) is 0 Å². The van der Waals surface area contributed by atoms with Gasteiger partial charge in [0.05, 0.1) is 0 Å². The van der Waals surface area contributed by atoms with Gasteiger partial charge < -0.3 is 4.42 Å². The van der Waals surface area contributed by atoms with Crippen molar-refractivity contribution in [2.24, 2.45) is 0 Å². The van der Waals surface area contributed by atoms with Gasteiger partial charge in [-0.05, 0) is 25.0 Å². The molecule has 0 saturated carbocycles. The normalized spacial score (nSPS) is 10.6. The van der Waals surface area contributed by atoms with Crippen LogP contribution in [0.15, 0.2) is 33.5 Å². The lowest BCUT2D eigenvalue weighted by molar-refractivity contribution is 0.557. The Kier molecular flexibility index (Phi) is 1.69. The van der Waals surface area contributed by atoms with E-state index in [4.69, 9.17) is 4.42 Å². The lowest BCUT2D eigenvalue weighted by atomic mass is 10.1. The average Bonchev–Trinajstić information content (AvgIpc) is 2.07. The minimum atomic E-state index is -0.278. The van der Waals surface area contributed by atoms with Crippen molar-refractivity contribution in [3.05, 3.63) is 45.8 Å². The lowest BCUT2D eigenvalue weighted by Crippen LogP contribution is -1.98. The Balaban J connectivity index is 3.03. The fourth-order valence-electron chi connectivity index (χ4n) is 1.48. The van der Waals surface area contributed by atoms with E-state index in [1.165, 1.54) is 6.07 Å². The third-order valence-electron chi connectivity index (χ3n) is 2.17. The van der Waals surface area contributed by atoms with Gasteiger partial charge >= 0.3 is 5.63 Å². The van der Waals surface area contributed by atoms with Crippen molar-refractivity contribution in [1.29, 1.82) is 0 Å². The zero-order valence-electron chi connectivity index (χ0n) is 7.63. The summed E-state index contributed by atoms with van der Waals surface area (Å²) < 4.78 is 5.12. The molecular formula is C11H10O2. The molecule has 0 aliphatic rings. The van der Waals surface area contributed by atoms with Gasteiger partial charge in [-0.3, -0.25) is 0 Å². The van der Waals surface area contributed by atoms with E-state index in [2.05, 4.69) is 0 Å². The maximum absolute atomic E-state index is 11.1. The van der Waals surface area contributed by atoms with E-state index in [9.17, 15) is 4.79 Å². The molecule has 1 aromatic carbocycles. The van der Waals surface area contributed by atoms with Crippen molar-refractivity contribution < 1.29 is 4.42 Å². The summed E-state index contributed by atoms with van der Waals surface area (Å²) in [7, 11) is 0. The molecule has 13 heavy (non-hydrogen) atoms. The summed E-state index contributed by atoms with van der Waals surface area (Å²) in [5.74, 6) is 0. The van der Waals surface area contributed by atoms with E-state index in [0.717, 1.165) is 16.5 Å². The minimum Gasteiger partial charge on any atom is -0.422 e. The Morgan fingerprint density at radius 1 is 1.15 bits per heavy atom. The molecule has 0 saturated heterocycles. The Bertz CT molecular complexity index is 509. The molecule has 2 rings (SSSR count). The fourth-order valence-corrected chi connectivity index (χ4v) is 1.48. The highest BCUT2D eigenvalue weighted by Crippen LogP contribution is 2.18. The molecule has 0 N–H and O–H groups in total. The molecule has 66 valence electrons. The van der Waals surface area contributed by atoms with Gasteiger partial charge in [0.1, 0.15) is 5.58 Å². The quantitative estimate of drug-likeness (QED) is 0.574. The Morgan fingerprint density at radius 3 is 2.69 bits per heavy atom. The summed E-state index contributed by atoms with van der Waals surface area (Å²) >= 11 is 0. The van der Waals surface area contributed by atoms with Gasteiger partial charge in [-0.1, -0.05) is 18.2 Å². The average molecular weight is 174 g/mol. The molecule has 0 spiro atoms. The third-order valence-corrected chi connectivity index (χ3v) is 2.17. The van der Waals surface area contributed by atoms with Crippen LogP contribution in [-0.2, 0) is 0 Å². The molecule has 1 aromatic heterocycles. The molecule has 0 bridgehead atoms. The van der Waals surface area contributed by atoms with Gasteiger partial charge in [0.2, 0.25) is 0 Å². The van der Waals surface area contributed by atoms with Gasteiger partial charge in [-0.15, -0.1) is 0 Å². The first kappa shape index (κ1) is 8.05. The highest BCUT2D eigenvalue weighted by Gasteiger charge is 2.02. The van der Waals surface area contributed by atoms with Crippen LogP contribution in [0.3, 0.4) is 0 Å². The molecule has 0 aliphatic heterocycles. The van der Waals surface area contributed by atoms with Crippen molar-refractivity contribution in [1.82, 2.24) is 0 Å². The van der Waals surface area contributed by atoms with Crippen LogP contribution in [0.2, 0.25) is 0 Å². The highest BCUT2D eigenvalue weighted by atomic mass is 16.4. The first-order valence-electron chi connectivity index (χ1n) is 4.18. The second kappa shape index (κ2) is 2.73. The fraction of sp³-hybridized carbons (Fsp3) is 0.182. The van der Waals surface area contributed by atoms with Crippen molar-refractivity contribution in [2.75, 3.05) is 0 Å². The predicted octanol–water partition coefficient (Wildman–Crippen LogP) is 2.41. The summed E-state index contributed by atoms with van der Waals surface area (Å²) in [6.07, 6.45) is 0. The number of rotatable bonds is 0. The van der Waals surface area contributed by atoms with E-state index >= 15 is 0 Å². The Morgan fingerprint density at radius 2 is 1.92 bits per heavy atom. The van der Waals surface area contributed by atoms with E-state index in [-0.39, 0.29) is 5.63 Å². The lowest BCUT2D eigenvalue weighted by Gasteiger charge is -2.01. The molecule has 1 heterocycles. The highest BCUT2D eigenvalue weighted by molar-refractivity contribution is 5.82. The predicted molar refractivity (Wildman–Crippen MR) is 52.0 cm³/mol. The molecule has 2 aromatic rings. The number of para-hydroxylation sites is 1. The van der Waals surface area contributed by atoms with Crippen LogP contribution in [0.4, 0.5) is 0 Å². The number of fused-ring (bicyclic) bond motifs is 1. The van der Waals surface area contributed by atoms with Gasteiger partial charge in [0.15, 0.2) is 0 Å². The number of hydrogen-bond donors (Lipinski definition) is 0. The maximum Gasteiger partial charge on any atom is 0.336 e. The van der Waals surface area contributed by atoms with Crippen molar-refractivity contribution in [2.45, 2.75) is 13.8 Å². The van der Waals surface area contributed by atoms with E-state index in [0.29, 0.717) is 5.58 Å². The van der Waals surface area contributed by atoms with Crippen LogP contribution in [0.1, 0.15) is 11.1 Å². The van der Waals surface area contributed by atoms with Crippen LogP contribution in [0, 0.1) is 13.8 Å². The SMILES string of the molecule is Cc1cc(=O)oc2c(C)cccc12. The molecule has 2 heteroatoms. The van der Waals surface area contributed by atoms with Gasteiger partial charge in [0, 0.05) is 11.5 Å². The maximum atomic E-state index is 11.1. The molecule has 0 unspecified atom stereocenters. The zero-order chi connectivity index (χ0) is 9.42. The second-order valence-electron chi connectivity index (χ2n) is 3.20. The summed E-state index contributed by atoms with van der Waals surface area (Å²) in [5.41, 5.74) is 2.39. The standard InChI is InChI=1S/C11H10O2/c1-7-4-3-5-9-8(2)6-10(12)13-11(7)9/h3-6H,1-2H3. The van der Waals surface area contributed by atoms with Crippen LogP contribution in [-0.4, -0.2) is 0 Å². The monoisotopic (exact) mass is 174 g/mol. The van der Waals surface area contributed by atoms with E-state index in [1.54, 1.807) is 0 Å². The van der Waals surface area contributed by atoms with E-state index < -0.39 is 0 Å². The first-order chi connectivity index (χ1) is 6.18. The molecule has 0 amide bonds. The minimum absolute atomic E-state index is 0.278. The molecule has 0 aliphatic carbocycles. The van der Waals surface area contributed by atoms with Gasteiger partial charge in [0.25, 0.3) is 0 Å². The Labute approximate surface area is 75.8 Å². The van der Waals surface area contributed by atoms with Gasteiger partial charge in [-0.2, -0.15) is 0 Å². The van der Waals surface area contributed by atoms with Crippen LogP contribution < -0.4 is 5.63 Å². The number of benzene rings is 1. The van der Waals surface area contributed by atoms with E-state index in [1.807, 2.05) is 32.0 Å². The van der Waals surface area contributed by atoms with Crippen LogP contribution in [0.25, 0.3) is 11.0 Å². The number of aryl methyl sites for hydroxylation is 2. The molecule has 0 radical (unpaired) electrons. The smallest absolute Gasteiger partial charge is 0.336 e. The Hall–Kier alpha value is -1.57. The summed E-state index contributed by atoms with van der Waals surface area (Å²) in [6, 6.07) is 7.37. The van der Waals surface area contributed by atoms with Gasteiger partial charge in [-0.25, -0.2) is 4.79 Å². The first-order valence-corrected chi connectivity index (χ1v) is 4.18. The zero-order valence-corrected chi connectivity index (χ0v) is 7.63. The molecule has 0 fully saturated rings. The topological polar surface area (TPSA) is 30.2 Å². The molecule has 0 atom stereocenters.